The SMILES string of the molecule is COc1ccc2c(c1)C(CN1CCC(O)C(OC(N)=O)C1)=C2. The summed E-state index contributed by atoms with van der Waals surface area (Å²) in [5.74, 6) is 0.841. The molecule has 22 heavy (non-hydrogen) atoms. The predicted octanol–water partition coefficient (Wildman–Crippen LogP) is 1.08. The van der Waals surface area contributed by atoms with Crippen LogP contribution in [-0.4, -0.2) is 55.1 Å². The van der Waals surface area contributed by atoms with E-state index in [1.54, 1.807) is 7.11 Å². The van der Waals surface area contributed by atoms with E-state index in [4.69, 9.17) is 15.2 Å². The van der Waals surface area contributed by atoms with Gasteiger partial charge in [-0.05, 0) is 41.3 Å². The van der Waals surface area contributed by atoms with Gasteiger partial charge in [-0.1, -0.05) is 6.07 Å². The Balaban J connectivity index is 1.63. The second-order valence-electron chi connectivity index (χ2n) is 5.69. The molecule has 2 unspecified atom stereocenters. The molecule has 6 heteroatoms. The molecule has 2 aliphatic rings. The molecule has 1 aliphatic carbocycles. The summed E-state index contributed by atoms with van der Waals surface area (Å²) in [6, 6.07) is 6.01. The Bertz CT molecular complexity index is 614. The van der Waals surface area contributed by atoms with Crippen LogP contribution >= 0.6 is 0 Å². The van der Waals surface area contributed by atoms with Crippen molar-refractivity contribution in [1.29, 1.82) is 0 Å². The Morgan fingerprint density at radius 1 is 1.50 bits per heavy atom. The fraction of sp³-hybridized carbons (Fsp3) is 0.438. The van der Waals surface area contributed by atoms with Crippen molar-refractivity contribution in [2.24, 2.45) is 5.73 Å². The lowest BCUT2D eigenvalue weighted by molar-refractivity contribution is -0.0412. The number of carbonyl (C=O) groups excluding carboxylic acids is 1. The van der Waals surface area contributed by atoms with Crippen molar-refractivity contribution in [3.05, 3.63) is 29.3 Å². The van der Waals surface area contributed by atoms with Gasteiger partial charge in [-0.3, -0.25) is 4.90 Å². The van der Waals surface area contributed by atoms with Crippen LogP contribution in [0.4, 0.5) is 4.79 Å². The summed E-state index contributed by atoms with van der Waals surface area (Å²) < 4.78 is 10.2. The standard InChI is InChI=1S/C16H20N2O4/c1-21-12-3-2-10-6-11(13(10)7-12)8-18-5-4-14(19)15(9-18)22-16(17)20/h2-3,6-7,14-15,19H,4-5,8-9H2,1H3,(H2,17,20). The zero-order valence-corrected chi connectivity index (χ0v) is 12.5. The molecule has 1 heterocycles. The molecule has 1 amide bonds. The number of benzene rings is 1. The number of hydrogen-bond donors (Lipinski definition) is 2. The maximum absolute atomic E-state index is 10.9. The number of piperidine rings is 1. The molecule has 3 rings (SSSR count). The molecule has 1 fully saturated rings. The number of likely N-dealkylation sites (tertiary alicyclic amines) is 1. The van der Waals surface area contributed by atoms with E-state index in [1.807, 2.05) is 18.2 Å². The van der Waals surface area contributed by atoms with Gasteiger partial charge in [0.1, 0.15) is 11.9 Å². The molecular formula is C16H20N2O4. The van der Waals surface area contributed by atoms with E-state index in [2.05, 4.69) is 11.0 Å². The summed E-state index contributed by atoms with van der Waals surface area (Å²) in [7, 11) is 1.65. The normalized spacial score (nSPS) is 24.0. The third kappa shape index (κ3) is 2.93. The molecule has 3 N–H and O–H groups in total. The van der Waals surface area contributed by atoms with Crippen LogP contribution in [0.5, 0.6) is 5.75 Å². The number of amides is 1. The molecule has 0 spiro atoms. The highest BCUT2D eigenvalue weighted by molar-refractivity contribution is 5.96. The van der Waals surface area contributed by atoms with Gasteiger partial charge >= 0.3 is 6.09 Å². The van der Waals surface area contributed by atoms with Crippen molar-refractivity contribution in [2.75, 3.05) is 26.7 Å². The van der Waals surface area contributed by atoms with Crippen LogP contribution in [0, 0.1) is 0 Å². The first-order valence-electron chi connectivity index (χ1n) is 7.32. The van der Waals surface area contributed by atoms with E-state index in [0.717, 1.165) is 18.8 Å². The molecular weight excluding hydrogens is 284 g/mol. The molecule has 0 bridgehead atoms. The van der Waals surface area contributed by atoms with Crippen LogP contribution in [0.15, 0.2) is 18.2 Å². The lowest BCUT2D eigenvalue weighted by atomic mass is 9.87. The van der Waals surface area contributed by atoms with Crippen LogP contribution in [0.1, 0.15) is 17.5 Å². The van der Waals surface area contributed by atoms with Crippen LogP contribution in [0.2, 0.25) is 0 Å². The monoisotopic (exact) mass is 304 g/mol. The molecule has 2 atom stereocenters. The highest BCUT2D eigenvalue weighted by Gasteiger charge is 2.31. The summed E-state index contributed by atoms with van der Waals surface area (Å²) in [6.07, 6.45) is 0.659. The van der Waals surface area contributed by atoms with Gasteiger partial charge in [-0.25, -0.2) is 4.79 Å². The number of nitrogens with zero attached hydrogens (tertiary/aromatic N) is 1. The van der Waals surface area contributed by atoms with E-state index in [-0.39, 0.29) is 0 Å². The number of hydrogen-bond acceptors (Lipinski definition) is 5. The average molecular weight is 304 g/mol. The maximum Gasteiger partial charge on any atom is 0.404 e. The minimum Gasteiger partial charge on any atom is -0.497 e. The van der Waals surface area contributed by atoms with Crippen LogP contribution in [-0.2, 0) is 4.74 Å². The van der Waals surface area contributed by atoms with Crippen molar-refractivity contribution >= 4 is 17.7 Å². The fourth-order valence-corrected chi connectivity index (χ4v) is 3.00. The molecule has 1 aromatic carbocycles. The molecule has 1 aliphatic heterocycles. The summed E-state index contributed by atoms with van der Waals surface area (Å²) >= 11 is 0. The molecule has 0 saturated carbocycles. The summed E-state index contributed by atoms with van der Waals surface area (Å²) in [4.78, 5) is 13.0. The quantitative estimate of drug-likeness (QED) is 0.869. The Kier molecular flexibility index (Phi) is 4.04. The third-order valence-corrected chi connectivity index (χ3v) is 4.21. The van der Waals surface area contributed by atoms with Crippen LogP contribution in [0.3, 0.4) is 0 Å². The van der Waals surface area contributed by atoms with Gasteiger partial charge in [0.2, 0.25) is 0 Å². The first-order valence-corrected chi connectivity index (χ1v) is 7.32. The largest absolute Gasteiger partial charge is 0.497 e. The van der Waals surface area contributed by atoms with E-state index in [1.165, 1.54) is 16.7 Å². The maximum atomic E-state index is 10.9. The second kappa shape index (κ2) is 5.98. The first kappa shape index (κ1) is 14.9. The number of methoxy groups -OCH3 is 1. The van der Waals surface area contributed by atoms with Gasteiger partial charge in [0.15, 0.2) is 0 Å². The number of carbonyl (C=O) groups is 1. The lowest BCUT2D eigenvalue weighted by Gasteiger charge is -2.36. The van der Waals surface area contributed by atoms with Crippen molar-refractivity contribution in [2.45, 2.75) is 18.6 Å². The number of ether oxygens (including phenoxy) is 2. The first-order chi connectivity index (χ1) is 10.6. The van der Waals surface area contributed by atoms with Gasteiger partial charge in [0.05, 0.1) is 13.2 Å². The van der Waals surface area contributed by atoms with Crippen molar-refractivity contribution in [3.8, 4) is 5.75 Å². The number of fused-ring (bicyclic) bond motifs is 1. The zero-order valence-electron chi connectivity index (χ0n) is 12.5. The molecule has 6 nitrogen and oxygen atoms in total. The van der Waals surface area contributed by atoms with Gasteiger partial charge in [-0.15, -0.1) is 0 Å². The fourth-order valence-electron chi connectivity index (χ4n) is 3.00. The van der Waals surface area contributed by atoms with Crippen molar-refractivity contribution in [3.63, 3.8) is 0 Å². The zero-order chi connectivity index (χ0) is 15.7. The highest BCUT2D eigenvalue weighted by Crippen LogP contribution is 2.36. The predicted molar refractivity (Wildman–Crippen MR) is 82.4 cm³/mol. The Morgan fingerprint density at radius 3 is 3.05 bits per heavy atom. The second-order valence-corrected chi connectivity index (χ2v) is 5.69. The molecule has 1 aromatic rings. The van der Waals surface area contributed by atoms with E-state index < -0.39 is 18.3 Å². The van der Waals surface area contributed by atoms with Gasteiger partial charge in [0, 0.05) is 19.6 Å². The minimum absolute atomic E-state index is 0.487. The van der Waals surface area contributed by atoms with Gasteiger partial charge in [-0.2, -0.15) is 0 Å². The molecule has 118 valence electrons. The summed E-state index contributed by atoms with van der Waals surface area (Å²) in [6.45, 7) is 2.00. The number of aliphatic hydroxyl groups is 1. The van der Waals surface area contributed by atoms with Gasteiger partial charge in [0.25, 0.3) is 0 Å². The Morgan fingerprint density at radius 2 is 2.32 bits per heavy atom. The van der Waals surface area contributed by atoms with Gasteiger partial charge < -0.3 is 20.3 Å². The molecule has 0 radical (unpaired) electrons. The van der Waals surface area contributed by atoms with E-state index in [9.17, 15) is 9.90 Å². The van der Waals surface area contributed by atoms with Crippen LogP contribution < -0.4 is 10.5 Å². The molecule has 0 aromatic heterocycles. The average Bonchev–Trinajstić information content (AvgIpc) is 2.47. The smallest absolute Gasteiger partial charge is 0.404 e. The minimum atomic E-state index is -0.844. The van der Waals surface area contributed by atoms with Crippen molar-refractivity contribution in [1.82, 2.24) is 4.90 Å². The number of nitrogens with two attached hydrogens (primary N) is 1. The number of primary amides is 1. The Labute approximate surface area is 129 Å². The van der Waals surface area contributed by atoms with E-state index in [0.29, 0.717) is 13.0 Å². The third-order valence-electron chi connectivity index (χ3n) is 4.21. The van der Waals surface area contributed by atoms with Crippen LogP contribution in [0.25, 0.3) is 11.6 Å². The summed E-state index contributed by atoms with van der Waals surface area (Å²) in [5.41, 5.74) is 8.67. The molecule has 1 saturated heterocycles. The van der Waals surface area contributed by atoms with Crippen molar-refractivity contribution < 1.29 is 19.4 Å². The number of rotatable bonds is 4. The Hall–Kier alpha value is -2.05. The number of aliphatic hydroxyl groups excluding tert-OH is 1. The summed E-state index contributed by atoms with van der Waals surface area (Å²) in [5, 5.41) is 9.88. The van der Waals surface area contributed by atoms with E-state index >= 15 is 0 Å². The topological polar surface area (TPSA) is 85.0 Å². The lowest BCUT2D eigenvalue weighted by Crippen LogP contribution is -2.49. The highest BCUT2D eigenvalue weighted by atomic mass is 16.6.